The van der Waals surface area contributed by atoms with Crippen LogP contribution in [-0.2, 0) is 9.59 Å². The van der Waals surface area contributed by atoms with E-state index in [0.717, 1.165) is 0 Å². The molecule has 11 heavy (non-hydrogen) atoms. The zero-order valence-electron chi connectivity index (χ0n) is 5.94. The van der Waals surface area contributed by atoms with E-state index in [-0.39, 0.29) is 0 Å². The molecule has 0 aliphatic carbocycles. The fourth-order valence-electron chi connectivity index (χ4n) is 0.612. The molecule has 0 amide bonds. The molecule has 6 heteroatoms. The fraction of sp³-hybridized carbons (Fsp3) is 0.600. The molecule has 0 rings (SSSR count). The molecule has 0 aliphatic heterocycles. The molecule has 0 unspecified atom stereocenters. The van der Waals surface area contributed by atoms with Gasteiger partial charge in [-0.3, -0.25) is 0 Å². The van der Waals surface area contributed by atoms with E-state index in [1.807, 2.05) is 0 Å². The first-order valence-corrected chi connectivity index (χ1v) is 8.17. The van der Waals surface area contributed by atoms with Crippen molar-refractivity contribution in [2.24, 2.45) is 0 Å². The molecule has 0 heterocycles. The number of rotatable bonds is 4. The number of carbonyl (C=O) groups is 2. The molecule has 0 spiro atoms. The SMILES string of the molecule is C[As](O)(CC(=O)[O-])CC(=O)[O-]. The van der Waals surface area contributed by atoms with Gasteiger partial charge in [0.15, 0.2) is 0 Å². The number of carbonyl (C=O) groups excluding carboxylic acids is 2. The van der Waals surface area contributed by atoms with Gasteiger partial charge in [-0.05, 0) is 0 Å². The number of hydrogen-bond acceptors (Lipinski definition) is 5. The van der Waals surface area contributed by atoms with E-state index in [4.69, 9.17) is 0 Å². The van der Waals surface area contributed by atoms with Crippen LogP contribution in [0.1, 0.15) is 0 Å². The summed E-state index contributed by atoms with van der Waals surface area (Å²) in [4.78, 5) is 19.9. The average Bonchev–Trinajstić information content (AvgIpc) is 1.53. The molecular weight excluding hydrogens is 215 g/mol. The van der Waals surface area contributed by atoms with Crippen molar-refractivity contribution in [3.8, 4) is 0 Å². The van der Waals surface area contributed by atoms with Crippen molar-refractivity contribution in [3.63, 3.8) is 0 Å². The molecule has 1 N–H and O–H groups in total. The molecule has 0 aromatic heterocycles. The van der Waals surface area contributed by atoms with Gasteiger partial charge in [-0.25, -0.2) is 0 Å². The first-order chi connectivity index (χ1) is 4.83. The normalized spacial score (nSPS) is 11.1. The molecule has 1 radical (unpaired) electrons. The van der Waals surface area contributed by atoms with Crippen molar-refractivity contribution in [1.82, 2.24) is 0 Å². The van der Waals surface area contributed by atoms with Crippen LogP contribution in [0.15, 0.2) is 0 Å². The number of aliphatic carboxylic acids is 2. The Morgan fingerprint density at radius 2 is 1.55 bits per heavy atom. The van der Waals surface area contributed by atoms with Gasteiger partial charge in [-0.1, -0.05) is 0 Å². The van der Waals surface area contributed by atoms with Gasteiger partial charge in [0.1, 0.15) is 0 Å². The van der Waals surface area contributed by atoms with Crippen LogP contribution in [0.2, 0.25) is 16.1 Å². The van der Waals surface area contributed by atoms with Gasteiger partial charge in [0.05, 0.1) is 0 Å². The maximum absolute atomic E-state index is 9.95. The fourth-order valence-corrected chi connectivity index (χ4v) is 3.18. The van der Waals surface area contributed by atoms with Crippen LogP contribution in [0.25, 0.3) is 0 Å². The Bertz CT molecular complexity index is 158. The second kappa shape index (κ2) is 3.74. The van der Waals surface area contributed by atoms with E-state index >= 15 is 0 Å². The van der Waals surface area contributed by atoms with Crippen LogP contribution >= 0.6 is 0 Å². The van der Waals surface area contributed by atoms with Crippen molar-refractivity contribution in [2.45, 2.75) is 16.1 Å². The maximum atomic E-state index is 9.95. The van der Waals surface area contributed by atoms with Crippen molar-refractivity contribution in [1.29, 1.82) is 0 Å². The van der Waals surface area contributed by atoms with Crippen molar-refractivity contribution in [3.05, 3.63) is 0 Å². The summed E-state index contributed by atoms with van der Waals surface area (Å²) in [5.74, 6) is -2.83. The summed E-state index contributed by atoms with van der Waals surface area (Å²) in [6.45, 7) is 0. The van der Waals surface area contributed by atoms with Crippen LogP contribution in [0.5, 0.6) is 0 Å². The topological polar surface area (TPSA) is 100 Å². The van der Waals surface area contributed by atoms with Crippen LogP contribution in [0.4, 0.5) is 0 Å². The Balaban J connectivity index is 3.99. The van der Waals surface area contributed by atoms with Gasteiger partial charge in [-0.2, -0.15) is 0 Å². The first-order valence-electron chi connectivity index (χ1n) is 2.80. The van der Waals surface area contributed by atoms with Crippen LogP contribution in [0.3, 0.4) is 0 Å². The van der Waals surface area contributed by atoms with E-state index in [1.54, 1.807) is 0 Å². The van der Waals surface area contributed by atoms with Crippen LogP contribution < -0.4 is 10.2 Å². The first kappa shape index (κ1) is 10.5. The molecule has 0 bridgehead atoms. The van der Waals surface area contributed by atoms with Gasteiger partial charge < -0.3 is 0 Å². The second-order valence-corrected chi connectivity index (χ2v) is 9.34. The summed E-state index contributed by atoms with van der Waals surface area (Å²) in [5.41, 5.74) is 1.27. The van der Waals surface area contributed by atoms with Gasteiger partial charge in [-0.15, -0.1) is 0 Å². The van der Waals surface area contributed by atoms with E-state index < -0.39 is 36.2 Å². The van der Waals surface area contributed by atoms with Gasteiger partial charge >= 0.3 is 65.9 Å². The van der Waals surface area contributed by atoms with Crippen molar-refractivity contribution < 1.29 is 23.9 Å². The molecule has 0 saturated carbocycles. The molecule has 0 aromatic rings. The van der Waals surface area contributed by atoms with E-state index in [1.165, 1.54) is 5.71 Å². The Kier molecular flexibility index (Phi) is 3.55. The summed E-state index contributed by atoms with van der Waals surface area (Å²) in [6.07, 6.45) is 0. The third-order valence-electron chi connectivity index (χ3n) is 0.939. The minimum absolute atomic E-state index is 0.535. The summed E-state index contributed by atoms with van der Waals surface area (Å²) >= 11 is -3.48. The zero-order valence-corrected chi connectivity index (χ0v) is 7.82. The predicted molar refractivity (Wildman–Crippen MR) is 33.5 cm³/mol. The predicted octanol–water partition coefficient (Wildman–Crippen LogP) is -2.95. The van der Waals surface area contributed by atoms with Crippen molar-refractivity contribution in [2.75, 3.05) is 0 Å². The van der Waals surface area contributed by atoms with E-state index in [2.05, 4.69) is 0 Å². The Hall–Kier alpha value is -0.542. The molecule has 65 valence electrons. The number of hydrogen-bond donors (Lipinski definition) is 1. The quantitative estimate of drug-likeness (QED) is 0.513. The molecule has 5 nitrogen and oxygen atoms in total. The summed E-state index contributed by atoms with van der Waals surface area (Å²) in [7, 11) is 0. The monoisotopic (exact) mass is 223 g/mol. The molecule has 0 fully saturated rings. The van der Waals surface area contributed by atoms with E-state index in [0.29, 0.717) is 0 Å². The molecule has 0 aliphatic rings. The molecular formula is C5H8AsO5-2. The Labute approximate surface area is 66.5 Å². The zero-order chi connectivity index (χ0) is 9.07. The average molecular weight is 223 g/mol. The second-order valence-electron chi connectivity index (χ2n) is 2.40. The molecule has 0 atom stereocenters. The van der Waals surface area contributed by atoms with Crippen molar-refractivity contribution >= 4 is 25.8 Å². The number of carboxylic acid groups (broad SMARTS) is 2. The van der Waals surface area contributed by atoms with Crippen LogP contribution in [-0.4, -0.2) is 29.9 Å². The molecule has 0 aromatic carbocycles. The summed E-state index contributed by atoms with van der Waals surface area (Å²) < 4.78 is 9.19. The molecule has 0 saturated heterocycles. The van der Waals surface area contributed by atoms with Gasteiger partial charge in [0.25, 0.3) is 0 Å². The van der Waals surface area contributed by atoms with Gasteiger partial charge in [0.2, 0.25) is 0 Å². The summed E-state index contributed by atoms with van der Waals surface area (Å²) in [5, 5.41) is 18.8. The standard InChI is InChI=1S/C5H10AsO5/c1-6(11,2-4(7)8)3-5(9)10/h11H,2-3H2,1H3,(H,7,8)(H,9,10)/p-2. The number of carboxylic acids is 2. The van der Waals surface area contributed by atoms with Crippen LogP contribution in [0, 0.1) is 0 Å². The van der Waals surface area contributed by atoms with Gasteiger partial charge in [0, 0.05) is 0 Å². The van der Waals surface area contributed by atoms with E-state index in [9.17, 15) is 23.9 Å². The third kappa shape index (κ3) is 5.88. The summed E-state index contributed by atoms with van der Waals surface area (Å²) in [6, 6.07) is 0. The minimum atomic E-state index is -3.48. The Morgan fingerprint density at radius 3 is 1.73 bits per heavy atom. The third-order valence-corrected chi connectivity index (χ3v) is 4.88. The Morgan fingerprint density at radius 1 is 1.27 bits per heavy atom.